The zero-order valence-corrected chi connectivity index (χ0v) is 17.2. The van der Waals surface area contributed by atoms with Crippen LogP contribution in [0.2, 0.25) is 0 Å². The number of rotatable bonds is 4. The van der Waals surface area contributed by atoms with Crippen LogP contribution in [0.15, 0.2) is 54.6 Å². The van der Waals surface area contributed by atoms with Gasteiger partial charge in [0.2, 0.25) is 0 Å². The summed E-state index contributed by atoms with van der Waals surface area (Å²) in [5.74, 6) is 0. The van der Waals surface area contributed by atoms with Gasteiger partial charge >= 0.3 is 0 Å². The molecule has 3 nitrogen and oxygen atoms in total. The van der Waals surface area contributed by atoms with Gasteiger partial charge in [0, 0.05) is 44.5 Å². The molecule has 0 aliphatic carbocycles. The molecule has 0 amide bonds. The summed E-state index contributed by atoms with van der Waals surface area (Å²) in [4.78, 5) is 7.93. The highest BCUT2D eigenvalue weighted by molar-refractivity contribution is 5.85. The summed E-state index contributed by atoms with van der Waals surface area (Å²) < 4.78 is 0. The fraction of sp³-hybridized carbons (Fsp3) is 0.478. The lowest BCUT2D eigenvalue weighted by molar-refractivity contribution is 0.0998. The van der Waals surface area contributed by atoms with E-state index in [0.717, 1.165) is 25.7 Å². The van der Waals surface area contributed by atoms with E-state index in [4.69, 9.17) is 0 Å². The third-order valence-electron chi connectivity index (χ3n) is 6.09. The maximum Gasteiger partial charge on any atom is 0.0396 e. The molecule has 0 bridgehead atoms. The first-order valence-electron chi connectivity index (χ1n) is 10.1. The number of aryl methyl sites for hydroxylation is 1. The van der Waals surface area contributed by atoms with Gasteiger partial charge in [0.25, 0.3) is 0 Å². The van der Waals surface area contributed by atoms with Gasteiger partial charge in [0.1, 0.15) is 0 Å². The Kier molecular flexibility index (Phi) is 7.17. The number of halogens is 1. The highest BCUT2D eigenvalue weighted by Crippen LogP contribution is 2.24. The van der Waals surface area contributed by atoms with E-state index in [1.807, 2.05) is 0 Å². The van der Waals surface area contributed by atoms with Crippen LogP contribution >= 0.6 is 12.4 Å². The molecule has 2 aromatic carbocycles. The third-order valence-corrected chi connectivity index (χ3v) is 6.09. The van der Waals surface area contributed by atoms with Crippen molar-refractivity contribution in [1.29, 1.82) is 0 Å². The van der Waals surface area contributed by atoms with E-state index in [-0.39, 0.29) is 12.4 Å². The second-order valence-corrected chi connectivity index (χ2v) is 7.80. The fourth-order valence-corrected chi connectivity index (χ4v) is 4.53. The Morgan fingerprint density at radius 1 is 0.778 bits per heavy atom. The fourth-order valence-electron chi connectivity index (χ4n) is 4.53. The predicted octanol–water partition coefficient (Wildman–Crippen LogP) is 4.20. The van der Waals surface area contributed by atoms with E-state index in [2.05, 4.69) is 76.2 Å². The Hall–Kier alpha value is -1.55. The lowest BCUT2D eigenvalue weighted by atomic mass is 10.0. The van der Waals surface area contributed by atoms with Crippen molar-refractivity contribution in [3.05, 3.63) is 65.7 Å². The first-order valence-corrected chi connectivity index (χ1v) is 10.1. The van der Waals surface area contributed by atoms with Gasteiger partial charge in [-0.05, 0) is 50.0 Å². The second-order valence-electron chi connectivity index (χ2n) is 7.80. The summed E-state index contributed by atoms with van der Waals surface area (Å²) in [5.41, 5.74) is 4.26. The van der Waals surface area contributed by atoms with Crippen molar-refractivity contribution in [3.8, 4) is 0 Å². The van der Waals surface area contributed by atoms with Crippen molar-refractivity contribution in [2.45, 2.75) is 32.4 Å². The van der Waals surface area contributed by atoms with Crippen LogP contribution in [-0.2, 0) is 6.54 Å². The molecule has 2 aromatic rings. The molecule has 2 heterocycles. The molecule has 0 N–H and O–H groups in total. The number of hydrogen-bond acceptors (Lipinski definition) is 3. The number of piperazine rings is 1. The molecular formula is C23H32ClN3. The van der Waals surface area contributed by atoms with Gasteiger partial charge in [-0.25, -0.2) is 0 Å². The van der Waals surface area contributed by atoms with E-state index in [1.54, 1.807) is 0 Å². The SMILES string of the molecule is Cc1ccccc1N1CCN(C2CCN(Cc3ccccc3)CC2)CC1.Cl. The highest BCUT2D eigenvalue weighted by Gasteiger charge is 2.27. The lowest BCUT2D eigenvalue weighted by Gasteiger charge is -2.43. The van der Waals surface area contributed by atoms with E-state index in [1.165, 1.54) is 55.8 Å². The van der Waals surface area contributed by atoms with Gasteiger partial charge in [-0.15, -0.1) is 12.4 Å². The largest absolute Gasteiger partial charge is 0.369 e. The molecular weight excluding hydrogens is 354 g/mol. The van der Waals surface area contributed by atoms with Gasteiger partial charge in [0.05, 0.1) is 0 Å². The first-order chi connectivity index (χ1) is 12.8. The standard InChI is InChI=1S/C23H31N3.ClH/c1-20-7-5-6-10-23(20)26-17-15-25(16-18-26)22-11-13-24(14-12-22)19-21-8-3-2-4-9-21;/h2-10,22H,11-19H2,1H3;1H. The molecule has 2 aliphatic rings. The van der Waals surface area contributed by atoms with Gasteiger partial charge in [0.15, 0.2) is 0 Å². The molecule has 4 heteroatoms. The van der Waals surface area contributed by atoms with Crippen molar-refractivity contribution < 1.29 is 0 Å². The Bertz CT molecular complexity index is 690. The first kappa shape index (κ1) is 20.2. The van der Waals surface area contributed by atoms with E-state index >= 15 is 0 Å². The minimum Gasteiger partial charge on any atom is -0.369 e. The van der Waals surface area contributed by atoms with Crippen LogP contribution in [0.1, 0.15) is 24.0 Å². The van der Waals surface area contributed by atoms with E-state index in [0.29, 0.717) is 0 Å². The van der Waals surface area contributed by atoms with Crippen LogP contribution in [-0.4, -0.2) is 55.1 Å². The molecule has 4 rings (SSSR count). The average molecular weight is 386 g/mol. The molecule has 2 saturated heterocycles. The molecule has 0 radical (unpaired) electrons. The number of benzene rings is 2. The Balaban J connectivity index is 0.00000210. The van der Waals surface area contributed by atoms with Crippen molar-refractivity contribution in [2.24, 2.45) is 0 Å². The molecule has 0 unspecified atom stereocenters. The van der Waals surface area contributed by atoms with Crippen LogP contribution in [0.4, 0.5) is 5.69 Å². The van der Waals surface area contributed by atoms with Crippen LogP contribution < -0.4 is 4.90 Å². The number of likely N-dealkylation sites (tertiary alicyclic amines) is 1. The Morgan fingerprint density at radius 2 is 1.41 bits per heavy atom. The second kappa shape index (κ2) is 9.59. The van der Waals surface area contributed by atoms with Gasteiger partial charge in [-0.1, -0.05) is 48.5 Å². The van der Waals surface area contributed by atoms with Crippen molar-refractivity contribution in [1.82, 2.24) is 9.80 Å². The van der Waals surface area contributed by atoms with E-state index in [9.17, 15) is 0 Å². The quantitative estimate of drug-likeness (QED) is 0.780. The number of anilines is 1. The molecule has 0 aromatic heterocycles. The van der Waals surface area contributed by atoms with E-state index < -0.39 is 0 Å². The van der Waals surface area contributed by atoms with Crippen LogP contribution in [0.3, 0.4) is 0 Å². The summed E-state index contributed by atoms with van der Waals surface area (Å²) in [5, 5.41) is 0. The zero-order valence-electron chi connectivity index (χ0n) is 16.4. The van der Waals surface area contributed by atoms with Crippen LogP contribution in [0.5, 0.6) is 0 Å². The molecule has 27 heavy (non-hydrogen) atoms. The Labute approximate surface area is 170 Å². The summed E-state index contributed by atoms with van der Waals surface area (Å²) in [7, 11) is 0. The van der Waals surface area contributed by atoms with Gasteiger partial charge < -0.3 is 4.90 Å². The Morgan fingerprint density at radius 3 is 2.07 bits per heavy atom. The number of nitrogens with zero attached hydrogens (tertiary/aromatic N) is 3. The molecule has 2 aliphatic heterocycles. The summed E-state index contributed by atoms with van der Waals surface area (Å²) in [6, 6.07) is 20.5. The average Bonchev–Trinajstić information content (AvgIpc) is 2.70. The maximum atomic E-state index is 2.74. The number of para-hydroxylation sites is 1. The van der Waals surface area contributed by atoms with Crippen molar-refractivity contribution in [3.63, 3.8) is 0 Å². The zero-order chi connectivity index (χ0) is 17.8. The molecule has 0 atom stereocenters. The molecule has 146 valence electrons. The predicted molar refractivity (Wildman–Crippen MR) is 117 cm³/mol. The minimum absolute atomic E-state index is 0. The molecule has 2 fully saturated rings. The topological polar surface area (TPSA) is 9.72 Å². The van der Waals surface area contributed by atoms with Crippen LogP contribution in [0, 0.1) is 6.92 Å². The molecule has 0 saturated carbocycles. The number of piperidine rings is 1. The normalized spacial score (nSPS) is 19.7. The van der Waals surface area contributed by atoms with Crippen molar-refractivity contribution >= 4 is 18.1 Å². The smallest absolute Gasteiger partial charge is 0.0396 e. The lowest BCUT2D eigenvalue weighted by Crippen LogP contribution is -2.53. The number of hydrogen-bond donors (Lipinski definition) is 0. The minimum atomic E-state index is 0. The summed E-state index contributed by atoms with van der Waals surface area (Å²) in [6.07, 6.45) is 2.63. The maximum absolute atomic E-state index is 2.74. The molecule has 0 spiro atoms. The highest BCUT2D eigenvalue weighted by atomic mass is 35.5. The van der Waals surface area contributed by atoms with Gasteiger partial charge in [-0.3, -0.25) is 9.80 Å². The summed E-state index contributed by atoms with van der Waals surface area (Å²) >= 11 is 0. The summed E-state index contributed by atoms with van der Waals surface area (Å²) in [6.45, 7) is 10.5. The third kappa shape index (κ3) is 5.04. The monoisotopic (exact) mass is 385 g/mol. The van der Waals surface area contributed by atoms with Crippen LogP contribution in [0.25, 0.3) is 0 Å². The van der Waals surface area contributed by atoms with Crippen molar-refractivity contribution in [2.75, 3.05) is 44.2 Å². The van der Waals surface area contributed by atoms with Gasteiger partial charge in [-0.2, -0.15) is 0 Å².